The highest BCUT2D eigenvalue weighted by molar-refractivity contribution is 6.63. The number of carbonyl (C=O) groups excluding carboxylic acids is 2. The zero-order valence-electron chi connectivity index (χ0n) is 17.8. The van der Waals surface area contributed by atoms with Crippen LogP contribution >= 0.6 is 0 Å². The van der Waals surface area contributed by atoms with Crippen LogP contribution in [-0.4, -0.2) is 54.3 Å². The molecule has 0 atom stereocenters. The molecule has 1 aromatic heterocycles. The van der Waals surface area contributed by atoms with Crippen molar-refractivity contribution >= 4 is 30.8 Å². The van der Waals surface area contributed by atoms with E-state index in [9.17, 15) is 14.9 Å². The van der Waals surface area contributed by atoms with Gasteiger partial charge in [-0.25, -0.2) is 14.7 Å². The normalized spacial score (nSPS) is 11.2. The number of nitriles is 1. The summed E-state index contributed by atoms with van der Waals surface area (Å²) in [5, 5.41) is 13.8. The van der Waals surface area contributed by atoms with Gasteiger partial charge in [0.05, 0.1) is 37.9 Å². The summed E-state index contributed by atoms with van der Waals surface area (Å²) in [7, 11) is 3.91. The van der Waals surface area contributed by atoms with Gasteiger partial charge in [0.15, 0.2) is 0 Å². The van der Waals surface area contributed by atoms with Gasteiger partial charge in [-0.15, -0.1) is 0 Å². The molecule has 9 nitrogen and oxygen atoms in total. The number of nitrogens with zero attached hydrogens (tertiary/aromatic N) is 5. The van der Waals surface area contributed by atoms with E-state index >= 15 is 0 Å². The molecule has 0 aliphatic rings. The lowest BCUT2D eigenvalue weighted by Crippen LogP contribution is -2.60. The van der Waals surface area contributed by atoms with E-state index in [-0.39, 0.29) is 12.1 Å². The van der Waals surface area contributed by atoms with Gasteiger partial charge >= 0.3 is 11.9 Å². The molecule has 0 aliphatic heterocycles. The van der Waals surface area contributed by atoms with Crippen LogP contribution in [0.3, 0.4) is 0 Å². The van der Waals surface area contributed by atoms with Gasteiger partial charge in [-0.2, -0.15) is 5.26 Å². The maximum Gasteiger partial charge on any atom is 0.365 e. The number of carbonyl (C=O) groups is 2. The minimum Gasteiger partial charge on any atom is -0.506 e. The third-order valence-corrected chi connectivity index (χ3v) is 4.08. The van der Waals surface area contributed by atoms with Crippen molar-refractivity contribution in [2.45, 2.75) is 59.2 Å². The highest BCUT2D eigenvalue weighted by Gasteiger charge is 2.27. The van der Waals surface area contributed by atoms with E-state index in [0.29, 0.717) is 0 Å². The second-order valence-electron chi connectivity index (χ2n) is 7.23. The van der Waals surface area contributed by atoms with Crippen molar-refractivity contribution in [2.75, 3.05) is 14.2 Å². The van der Waals surface area contributed by atoms with Crippen LogP contribution < -0.4 is 10.3 Å². The number of hydrogen-bond acceptors (Lipinski definition) is 7. The molecule has 0 unspecified atom stereocenters. The summed E-state index contributed by atoms with van der Waals surface area (Å²) in [5.41, 5.74) is -0.955. The van der Waals surface area contributed by atoms with E-state index < -0.39 is 23.2 Å². The lowest BCUT2D eigenvalue weighted by atomic mass is 9.85. The van der Waals surface area contributed by atoms with Crippen LogP contribution in [0.25, 0.3) is 0 Å². The minimum absolute atomic E-state index is 0.142. The molecular formula is C18H28BN5O4. The molecule has 0 aromatic carbocycles. The van der Waals surface area contributed by atoms with Gasteiger partial charge in [-0.3, -0.25) is 9.13 Å². The van der Waals surface area contributed by atoms with Gasteiger partial charge in [-0.1, -0.05) is 0 Å². The van der Waals surface area contributed by atoms with Crippen LogP contribution in [0.2, 0.25) is 0 Å². The van der Waals surface area contributed by atoms with Crippen LogP contribution in [0.15, 0.2) is 17.5 Å². The predicted molar refractivity (Wildman–Crippen MR) is 104 cm³/mol. The molecule has 0 fully saturated rings. The Hall–Kier alpha value is -2.83. The number of rotatable bonds is 8. The number of imidazole rings is 1. The van der Waals surface area contributed by atoms with Crippen LogP contribution in [0.5, 0.6) is 0 Å². The molecule has 0 saturated carbocycles. The Balaban J connectivity index is 3.57. The lowest BCUT2D eigenvalue weighted by molar-refractivity contribution is -0.699. The number of hydrazone groups is 1. The third kappa shape index (κ3) is 5.12. The first-order valence-electron chi connectivity index (χ1n) is 8.92. The van der Waals surface area contributed by atoms with Crippen molar-refractivity contribution in [1.82, 2.24) is 9.49 Å². The standard InChI is InChI=1S/C18H28BN5O4/c1-12(2)22-9-10-23(13(3)4)17(22)19-24(18(5,6)11-20)21-14(15(25)27-7)16(26)28-8/h9-10,12-13H,1-8H3. The highest BCUT2D eigenvalue weighted by Crippen LogP contribution is 2.14. The Morgan fingerprint density at radius 1 is 1.25 bits per heavy atom. The summed E-state index contributed by atoms with van der Waals surface area (Å²) in [6, 6.07) is 2.42. The quantitative estimate of drug-likeness (QED) is 0.160. The van der Waals surface area contributed by atoms with Gasteiger partial charge in [-0.05, 0) is 49.0 Å². The number of aromatic nitrogens is 2. The van der Waals surface area contributed by atoms with Crippen LogP contribution in [0, 0.1) is 11.3 Å². The molecule has 0 spiro atoms. The van der Waals surface area contributed by atoms with Crippen molar-refractivity contribution in [3.05, 3.63) is 12.4 Å². The molecule has 1 heterocycles. The fraction of sp³-hybridized carbons (Fsp3) is 0.611. The first kappa shape index (κ1) is 23.2. The smallest absolute Gasteiger partial charge is 0.365 e. The van der Waals surface area contributed by atoms with Crippen molar-refractivity contribution in [3.63, 3.8) is 0 Å². The molecular weight excluding hydrogens is 361 g/mol. The highest BCUT2D eigenvalue weighted by atomic mass is 16.5. The SMILES string of the molecule is COC(=O)C(=NN([B-]c1n(C(C)C)cc[n+]1C(C)C)C(C)(C)C#N)C(=O)OC. The second kappa shape index (κ2) is 9.40. The third-order valence-electron chi connectivity index (χ3n) is 4.08. The van der Waals surface area contributed by atoms with E-state index in [0.717, 1.165) is 19.9 Å². The first-order chi connectivity index (χ1) is 13.0. The Labute approximate surface area is 166 Å². The molecule has 152 valence electrons. The maximum absolute atomic E-state index is 12.0. The molecule has 10 heteroatoms. The van der Waals surface area contributed by atoms with Crippen LogP contribution in [0.1, 0.15) is 53.6 Å². The summed E-state index contributed by atoms with van der Waals surface area (Å²) >= 11 is 0. The zero-order chi connectivity index (χ0) is 21.6. The Bertz CT molecular complexity index is 749. The molecule has 0 saturated heterocycles. The summed E-state index contributed by atoms with van der Waals surface area (Å²) in [6.07, 6.45) is 3.86. The molecule has 0 aliphatic carbocycles. The van der Waals surface area contributed by atoms with Crippen molar-refractivity contribution < 1.29 is 23.6 Å². The molecule has 2 radical (unpaired) electrons. The summed E-state index contributed by atoms with van der Waals surface area (Å²) in [4.78, 5) is 25.3. The van der Waals surface area contributed by atoms with E-state index in [4.69, 9.17) is 0 Å². The fourth-order valence-electron chi connectivity index (χ4n) is 2.38. The van der Waals surface area contributed by atoms with Gasteiger partial charge in [0, 0.05) is 5.72 Å². The zero-order valence-corrected chi connectivity index (χ0v) is 17.8. The summed E-state index contributed by atoms with van der Waals surface area (Å²) < 4.78 is 13.3. The molecule has 0 N–H and O–H groups in total. The summed E-state index contributed by atoms with van der Waals surface area (Å²) in [6.45, 7) is 11.4. The molecule has 1 aromatic rings. The van der Waals surface area contributed by atoms with Gasteiger partial charge < -0.3 is 14.4 Å². The molecule has 28 heavy (non-hydrogen) atoms. The van der Waals surface area contributed by atoms with Gasteiger partial charge in [0.25, 0.3) is 0 Å². The molecule has 0 amide bonds. The Morgan fingerprint density at radius 3 is 2.18 bits per heavy atom. The minimum atomic E-state index is -1.16. The van der Waals surface area contributed by atoms with E-state index in [1.54, 1.807) is 21.3 Å². The van der Waals surface area contributed by atoms with Crippen molar-refractivity contribution in [3.8, 4) is 6.07 Å². The average Bonchev–Trinajstić information content (AvgIpc) is 3.07. The molecule has 1 rings (SSSR count). The Kier molecular flexibility index (Phi) is 7.79. The number of ether oxygens (including phenoxy) is 2. The van der Waals surface area contributed by atoms with Crippen LogP contribution in [0.4, 0.5) is 0 Å². The monoisotopic (exact) mass is 389 g/mol. The Morgan fingerprint density at radius 2 is 1.79 bits per heavy atom. The number of hydrogen-bond donors (Lipinski definition) is 0. The second-order valence-corrected chi connectivity index (χ2v) is 7.23. The predicted octanol–water partition coefficient (Wildman–Crippen LogP) is 0.488. The number of esters is 2. The fourth-order valence-corrected chi connectivity index (χ4v) is 2.38. The number of methoxy groups -OCH3 is 2. The first-order valence-corrected chi connectivity index (χ1v) is 8.92. The maximum atomic E-state index is 12.0. The van der Waals surface area contributed by atoms with Crippen LogP contribution in [-0.2, 0) is 19.1 Å². The van der Waals surface area contributed by atoms with E-state index in [2.05, 4.69) is 20.6 Å². The largest absolute Gasteiger partial charge is 0.506 e. The average molecular weight is 389 g/mol. The van der Waals surface area contributed by atoms with Crippen molar-refractivity contribution in [2.24, 2.45) is 5.10 Å². The van der Waals surface area contributed by atoms with Gasteiger partial charge in [0.2, 0.25) is 5.71 Å². The van der Waals surface area contributed by atoms with Gasteiger partial charge in [0.1, 0.15) is 12.4 Å². The van der Waals surface area contributed by atoms with E-state index in [1.165, 1.54) is 4.92 Å². The molecule has 0 bridgehead atoms. The van der Waals surface area contributed by atoms with E-state index in [1.807, 2.05) is 49.2 Å². The lowest BCUT2D eigenvalue weighted by Gasteiger charge is -2.42. The van der Waals surface area contributed by atoms with Crippen molar-refractivity contribution in [1.29, 1.82) is 5.26 Å². The topological polar surface area (TPSA) is 101 Å². The summed E-state index contributed by atoms with van der Waals surface area (Å²) in [5.74, 6) is -1.90.